The second-order valence-corrected chi connectivity index (χ2v) is 13.6. The third kappa shape index (κ3) is 6.85. The Hall–Kier alpha value is -2.87. The third-order valence-electron chi connectivity index (χ3n) is 7.84. The van der Waals surface area contributed by atoms with Crippen molar-refractivity contribution in [2.45, 2.75) is 55.6 Å². The predicted octanol–water partition coefficient (Wildman–Crippen LogP) is 3.66. The number of nitriles is 1. The fraction of sp³-hybridized carbons (Fsp3) is 0.536. The van der Waals surface area contributed by atoms with E-state index in [1.165, 1.54) is 12.1 Å². The van der Waals surface area contributed by atoms with Gasteiger partial charge in [0.2, 0.25) is 15.9 Å². The molecule has 42 heavy (non-hydrogen) atoms. The number of amides is 1. The fourth-order valence-electron chi connectivity index (χ4n) is 5.27. The molecule has 5 rings (SSSR count). The summed E-state index contributed by atoms with van der Waals surface area (Å²) in [6.07, 6.45) is 3.59. The Kier molecular flexibility index (Phi) is 9.31. The summed E-state index contributed by atoms with van der Waals surface area (Å²) in [4.78, 5) is 32.0. The van der Waals surface area contributed by atoms with Crippen molar-refractivity contribution in [3.05, 3.63) is 57.3 Å². The minimum Gasteiger partial charge on any atom is -0.371 e. The quantitative estimate of drug-likeness (QED) is 0.114. The largest absolute Gasteiger partial charge is 0.371 e. The van der Waals surface area contributed by atoms with Crippen LogP contribution in [0.4, 0.5) is 11.5 Å². The number of halogens is 1. The molecule has 2 aliphatic carbocycles. The summed E-state index contributed by atoms with van der Waals surface area (Å²) >= 11 is 2.22. The molecule has 1 N–H and O–H groups in total. The highest BCUT2D eigenvalue weighted by Crippen LogP contribution is 2.44. The van der Waals surface area contributed by atoms with Gasteiger partial charge in [0.05, 0.1) is 33.8 Å². The summed E-state index contributed by atoms with van der Waals surface area (Å²) in [5.41, 5.74) is 2.04. The summed E-state index contributed by atoms with van der Waals surface area (Å²) in [6.45, 7) is 3.98. The lowest BCUT2D eigenvalue weighted by Gasteiger charge is -2.41. The van der Waals surface area contributed by atoms with Gasteiger partial charge in [-0.15, -0.1) is 0 Å². The lowest BCUT2D eigenvalue weighted by atomic mass is 10.0. The van der Waals surface area contributed by atoms with Crippen LogP contribution in [0, 0.1) is 27.4 Å². The number of nitro benzene ring substituents is 1. The Bertz CT molecular complexity index is 1490. The van der Waals surface area contributed by atoms with E-state index in [0.717, 1.165) is 49.1 Å². The number of sulfonamides is 1. The molecule has 2 heterocycles. The number of pyridine rings is 1. The average Bonchev–Trinajstić information content (AvgIpc) is 3.90. The summed E-state index contributed by atoms with van der Waals surface area (Å²) < 4.78 is 34.4. The number of non-ortho nitro benzene ring substituents is 1. The van der Waals surface area contributed by atoms with Crippen LogP contribution < -0.4 is 9.62 Å². The van der Waals surface area contributed by atoms with E-state index >= 15 is 0 Å². The Balaban J connectivity index is 1.26. The number of aromatic nitrogens is 1. The van der Waals surface area contributed by atoms with Crippen molar-refractivity contribution < 1.29 is 22.9 Å². The van der Waals surface area contributed by atoms with E-state index in [1.807, 2.05) is 17.9 Å². The monoisotopic (exact) mass is 708 g/mol. The van der Waals surface area contributed by atoms with Gasteiger partial charge in [-0.2, -0.15) is 5.26 Å². The van der Waals surface area contributed by atoms with Crippen LogP contribution in [0.25, 0.3) is 0 Å². The van der Waals surface area contributed by atoms with Gasteiger partial charge in [0.25, 0.3) is 5.69 Å². The Labute approximate surface area is 258 Å². The highest BCUT2D eigenvalue weighted by Gasteiger charge is 2.38. The van der Waals surface area contributed by atoms with Gasteiger partial charge in [0, 0.05) is 66.2 Å². The molecule has 12 nitrogen and oxygen atoms in total. The smallest absolute Gasteiger partial charge is 0.269 e. The van der Waals surface area contributed by atoms with Crippen LogP contribution in [0.15, 0.2) is 35.2 Å². The number of hydrogen-bond donors (Lipinski definition) is 1. The van der Waals surface area contributed by atoms with E-state index in [1.54, 1.807) is 0 Å². The Morgan fingerprint density at radius 1 is 1.26 bits per heavy atom. The number of nitrogens with one attached hydrogen (secondary N) is 1. The number of piperazine rings is 1. The van der Waals surface area contributed by atoms with Crippen molar-refractivity contribution in [1.29, 1.82) is 5.26 Å². The van der Waals surface area contributed by atoms with E-state index < -0.39 is 14.9 Å². The second kappa shape index (κ2) is 12.8. The van der Waals surface area contributed by atoms with Crippen molar-refractivity contribution in [2.24, 2.45) is 5.92 Å². The van der Waals surface area contributed by atoms with Gasteiger partial charge in [-0.25, -0.2) is 18.1 Å². The first-order chi connectivity index (χ1) is 20.1. The SMILES string of the molecule is CC1CN(c2nc(C3CC3)c(C(CI)OCCNS(=O)(=O)c3ccc([N+](=O)[O-])cc3)cc2C#N)CCN1C(=O)C1CC1. The summed E-state index contributed by atoms with van der Waals surface area (Å²) in [7, 11) is -3.87. The number of nitrogens with zero attached hydrogens (tertiary/aromatic N) is 5. The number of rotatable bonds is 12. The molecule has 14 heteroatoms. The van der Waals surface area contributed by atoms with Crippen LogP contribution >= 0.6 is 22.6 Å². The van der Waals surface area contributed by atoms with Crippen molar-refractivity contribution in [1.82, 2.24) is 14.6 Å². The number of ether oxygens (including phenoxy) is 1. The summed E-state index contributed by atoms with van der Waals surface area (Å²) in [5, 5.41) is 20.9. The van der Waals surface area contributed by atoms with Gasteiger partial charge in [0.1, 0.15) is 11.9 Å². The lowest BCUT2D eigenvalue weighted by Crippen LogP contribution is -2.55. The number of carbonyl (C=O) groups is 1. The van der Waals surface area contributed by atoms with E-state index in [9.17, 15) is 28.6 Å². The highest BCUT2D eigenvalue weighted by molar-refractivity contribution is 14.1. The lowest BCUT2D eigenvalue weighted by molar-refractivity contribution is -0.384. The molecule has 2 aromatic rings. The zero-order valence-electron chi connectivity index (χ0n) is 23.2. The molecule has 1 aromatic heterocycles. The first-order valence-corrected chi connectivity index (χ1v) is 17.1. The van der Waals surface area contributed by atoms with Crippen LogP contribution in [0.2, 0.25) is 0 Å². The number of alkyl halides is 1. The summed E-state index contributed by atoms with van der Waals surface area (Å²) in [5.74, 6) is 1.35. The van der Waals surface area contributed by atoms with Crippen molar-refractivity contribution in [3.63, 3.8) is 0 Å². The molecule has 0 spiro atoms. The van der Waals surface area contributed by atoms with Crippen LogP contribution in [-0.4, -0.2) is 72.4 Å². The number of carbonyl (C=O) groups excluding carboxylic acids is 1. The topological polar surface area (TPSA) is 159 Å². The molecule has 1 aliphatic heterocycles. The van der Waals surface area contributed by atoms with Crippen LogP contribution in [-0.2, 0) is 19.6 Å². The van der Waals surface area contributed by atoms with Crippen LogP contribution in [0.1, 0.15) is 61.4 Å². The van der Waals surface area contributed by atoms with E-state index in [0.29, 0.717) is 35.4 Å². The number of hydrogen-bond acceptors (Lipinski definition) is 9. The first-order valence-electron chi connectivity index (χ1n) is 14.0. The molecule has 1 saturated heterocycles. The molecule has 0 bridgehead atoms. The molecule has 1 aromatic carbocycles. The molecule has 3 aliphatic rings. The fourth-order valence-corrected chi connectivity index (χ4v) is 7.01. The van der Waals surface area contributed by atoms with Gasteiger partial charge in [-0.05, 0) is 50.8 Å². The zero-order valence-corrected chi connectivity index (χ0v) is 26.2. The molecule has 2 atom stereocenters. The molecule has 0 radical (unpaired) electrons. The molecule has 1 amide bonds. The predicted molar refractivity (Wildman–Crippen MR) is 163 cm³/mol. The number of anilines is 1. The highest BCUT2D eigenvalue weighted by atomic mass is 127. The average molecular weight is 709 g/mol. The molecule has 2 unspecified atom stereocenters. The van der Waals surface area contributed by atoms with E-state index in [4.69, 9.17) is 9.72 Å². The molecule has 3 fully saturated rings. The van der Waals surface area contributed by atoms with E-state index in [2.05, 4.69) is 38.3 Å². The Morgan fingerprint density at radius 3 is 2.55 bits per heavy atom. The Morgan fingerprint density at radius 2 is 1.98 bits per heavy atom. The van der Waals surface area contributed by atoms with Crippen molar-refractivity contribution in [3.8, 4) is 6.07 Å². The minimum atomic E-state index is -3.87. The first kappa shape index (κ1) is 30.6. The van der Waals surface area contributed by atoms with Gasteiger partial charge in [-0.1, -0.05) is 22.6 Å². The van der Waals surface area contributed by atoms with Crippen molar-refractivity contribution >= 4 is 50.0 Å². The minimum absolute atomic E-state index is 0.00356. The maximum Gasteiger partial charge on any atom is 0.269 e. The third-order valence-corrected chi connectivity index (χ3v) is 10.1. The molecule has 224 valence electrons. The zero-order chi connectivity index (χ0) is 30.0. The van der Waals surface area contributed by atoms with Crippen molar-refractivity contribution in [2.75, 3.05) is 42.1 Å². The maximum atomic E-state index is 12.7. The molecular formula is C28H33IN6O6S. The normalized spacial score (nSPS) is 19.8. The molecular weight excluding hydrogens is 675 g/mol. The second-order valence-electron chi connectivity index (χ2n) is 11.0. The van der Waals surface area contributed by atoms with Gasteiger partial charge >= 0.3 is 0 Å². The number of benzene rings is 1. The molecule has 2 saturated carbocycles. The van der Waals surface area contributed by atoms with Crippen LogP contribution in [0.3, 0.4) is 0 Å². The van der Waals surface area contributed by atoms with Gasteiger partial charge in [0.15, 0.2) is 0 Å². The van der Waals surface area contributed by atoms with Crippen LogP contribution in [0.5, 0.6) is 0 Å². The number of nitro groups is 1. The van der Waals surface area contributed by atoms with E-state index in [-0.39, 0.29) is 53.6 Å². The van der Waals surface area contributed by atoms with Gasteiger partial charge in [-0.3, -0.25) is 14.9 Å². The van der Waals surface area contributed by atoms with Gasteiger partial charge < -0.3 is 14.5 Å². The summed E-state index contributed by atoms with van der Waals surface area (Å²) in [6, 6.07) is 8.90. The maximum absolute atomic E-state index is 12.7. The standard InChI is InChI=1S/C28H33IN6O6S/c1-18-17-33(11-12-34(18)28(36)20-4-5-20)27-21(16-30)14-24(26(32-27)19-2-3-19)25(15-29)41-13-10-31-42(39,40)23-8-6-22(7-9-23)35(37)38/h6-9,14,18-20,25,31H,2-5,10-13,15,17H2,1H3.